The van der Waals surface area contributed by atoms with Crippen LogP contribution in [0, 0.1) is 11.2 Å². The van der Waals surface area contributed by atoms with E-state index in [9.17, 15) is 14.3 Å². The molecule has 6 nitrogen and oxygen atoms in total. The first-order valence-electron chi connectivity index (χ1n) is 7.15. The van der Waals surface area contributed by atoms with E-state index in [1.807, 2.05) is 0 Å². The standard InChI is InChI=1S/C17H18FN3O3.ClH/c1-24-15(14-12(18)3-2-4-13(14)22)17(23)21-9-10-5-7-11(8-6-10)16(19)20;/h2-8,15,22H,9H2,1H3,(H3,19,20)(H,21,23);1H. The van der Waals surface area contributed by atoms with E-state index in [2.05, 4.69) is 5.32 Å². The van der Waals surface area contributed by atoms with Crippen molar-refractivity contribution < 1.29 is 19.0 Å². The van der Waals surface area contributed by atoms with Crippen molar-refractivity contribution in [1.82, 2.24) is 5.32 Å². The van der Waals surface area contributed by atoms with E-state index < -0.39 is 17.8 Å². The van der Waals surface area contributed by atoms with E-state index in [4.69, 9.17) is 15.9 Å². The second kappa shape index (κ2) is 9.00. The molecule has 0 aliphatic rings. The lowest BCUT2D eigenvalue weighted by Crippen LogP contribution is -2.30. The summed E-state index contributed by atoms with van der Waals surface area (Å²) >= 11 is 0. The number of phenols is 1. The molecule has 0 saturated carbocycles. The van der Waals surface area contributed by atoms with Gasteiger partial charge in [0.25, 0.3) is 5.91 Å². The van der Waals surface area contributed by atoms with Crippen LogP contribution in [0.2, 0.25) is 0 Å². The number of carbonyl (C=O) groups excluding carboxylic acids is 1. The van der Waals surface area contributed by atoms with Crippen LogP contribution >= 0.6 is 12.4 Å². The minimum atomic E-state index is -1.26. The number of nitrogens with two attached hydrogens (primary N) is 1. The first-order valence-corrected chi connectivity index (χ1v) is 7.15. The number of halogens is 2. The normalized spacial score (nSPS) is 11.3. The van der Waals surface area contributed by atoms with Crippen molar-refractivity contribution in [2.24, 2.45) is 5.73 Å². The average Bonchev–Trinajstić information content (AvgIpc) is 2.56. The highest BCUT2D eigenvalue weighted by Gasteiger charge is 2.26. The number of rotatable bonds is 6. The quantitative estimate of drug-likeness (QED) is 0.463. The topological polar surface area (TPSA) is 108 Å². The van der Waals surface area contributed by atoms with Gasteiger partial charge in [0.1, 0.15) is 17.4 Å². The summed E-state index contributed by atoms with van der Waals surface area (Å²) < 4.78 is 18.9. The number of hydrogen-bond acceptors (Lipinski definition) is 4. The van der Waals surface area contributed by atoms with E-state index >= 15 is 0 Å². The van der Waals surface area contributed by atoms with Crippen LogP contribution in [0.25, 0.3) is 0 Å². The Kier molecular flexibility index (Phi) is 7.35. The lowest BCUT2D eigenvalue weighted by molar-refractivity contribution is -0.131. The van der Waals surface area contributed by atoms with Crippen molar-refractivity contribution in [3.8, 4) is 5.75 Å². The zero-order chi connectivity index (χ0) is 17.7. The molecule has 25 heavy (non-hydrogen) atoms. The minimum absolute atomic E-state index is 0. The van der Waals surface area contributed by atoms with E-state index in [-0.39, 0.29) is 36.1 Å². The summed E-state index contributed by atoms with van der Waals surface area (Å²) in [5, 5.41) is 19.7. The molecule has 2 aromatic rings. The molecule has 0 bridgehead atoms. The number of amides is 1. The molecule has 0 aromatic heterocycles. The fraction of sp³-hybridized carbons (Fsp3) is 0.176. The summed E-state index contributed by atoms with van der Waals surface area (Å²) in [4.78, 5) is 12.3. The number of nitrogens with one attached hydrogen (secondary N) is 2. The summed E-state index contributed by atoms with van der Waals surface area (Å²) in [6.07, 6.45) is -1.26. The van der Waals surface area contributed by atoms with Crippen LogP contribution in [-0.2, 0) is 16.1 Å². The van der Waals surface area contributed by atoms with Crippen LogP contribution in [0.5, 0.6) is 5.75 Å². The number of amidine groups is 1. The highest BCUT2D eigenvalue weighted by molar-refractivity contribution is 5.94. The number of phenolic OH excluding ortho intramolecular Hbond substituents is 1. The van der Waals surface area contributed by atoms with Gasteiger partial charge in [-0.3, -0.25) is 10.2 Å². The smallest absolute Gasteiger partial charge is 0.254 e. The van der Waals surface area contributed by atoms with Crippen molar-refractivity contribution >= 4 is 24.1 Å². The third-order valence-electron chi connectivity index (χ3n) is 3.50. The molecule has 0 heterocycles. The predicted molar refractivity (Wildman–Crippen MR) is 94.4 cm³/mol. The van der Waals surface area contributed by atoms with Crippen LogP contribution < -0.4 is 11.1 Å². The average molecular weight is 368 g/mol. The Hall–Kier alpha value is -2.64. The summed E-state index contributed by atoms with van der Waals surface area (Å²) in [5.41, 5.74) is 6.53. The molecule has 0 spiro atoms. The second-order valence-electron chi connectivity index (χ2n) is 5.12. The van der Waals surface area contributed by atoms with Crippen molar-refractivity contribution in [3.63, 3.8) is 0 Å². The SMILES string of the molecule is COC(C(=O)NCc1ccc(C(=N)N)cc1)c1c(O)cccc1F.Cl. The lowest BCUT2D eigenvalue weighted by atomic mass is 10.1. The third-order valence-corrected chi connectivity index (χ3v) is 3.50. The Labute approximate surface area is 150 Å². The number of methoxy groups -OCH3 is 1. The van der Waals surface area contributed by atoms with Crippen LogP contribution in [0.3, 0.4) is 0 Å². The van der Waals surface area contributed by atoms with E-state index in [1.54, 1.807) is 24.3 Å². The molecule has 2 rings (SSSR count). The third kappa shape index (κ3) is 4.91. The van der Waals surface area contributed by atoms with Crippen LogP contribution in [0.15, 0.2) is 42.5 Å². The Morgan fingerprint density at radius 3 is 2.48 bits per heavy atom. The Morgan fingerprint density at radius 1 is 1.32 bits per heavy atom. The van der Waals surface area contributed by atoms with Gasteiger partial charge in [0.05, 0.1) is 5.56 Å². The maximum Gasteiger partial charge on any atom is 0.254 e. The van der Waals surface area contributed by atoms with Crippen molar-refractivity contribution in [3.05, 3.63) is 65.0 Å². The fourth-order valence-corrected chi connectivity index (χ4v) is 2.23. The van der Waals surface area contributed by atoms with Crippen molar-refractivity contribution in [2.75, 3.05) is 7.11 Å². The van der Waals surface area contributed by atoms with Gasteiger partial charge in [-0.2, -0.15) is 0 Å². The molecule has 0 aliphatic heterocycles. The fourth-order valence-electron chi connectivity index (χ4n) is 2.23. The van der Waals surface area contributed by atoms with Gasteiger partial charge in [0.2, 0.25) is 0 Å². The molecule has 8 heteroatoms. The van der Waals surface area contributed by atoms with Crippen LogP contribution in [-0.4, -0.2) is 24.0 Å². The lowest BCUT2D eigenvalue weighted by Gasteiger charge is -2.17. The molecule has 1 amide bonds. The van der Waals surface area contributed by atoms with Gasteiger partial charge in [0, 0.05) is 19.2 Å². The monoisotopic (exact) mass is 367 g/mol. The first-order chi connectivity index (χ1) is 11.4. The number of ether oxygens (including phenoxy) is 1. The molecule has 2 aromatic carbocycles. The van der Waals surface area contributed by atoms with Crippen LogP contribution in [0.1, 0.15) is 22.8 Å². The van der Waals surface area contributed by atoms with Gasteiger partial charge >= 0.3 is 0 Å². The molecular formula is C17H19ClFN3O3. The number of carbonyl (C=O) groups is 1. The number of hydrogen-bond donors (Lipinski definition) is 4. The van der Waals surface area contributed by atoms with E-state index in [0.29, 0.717) is 5.56 Å². The predicted octanol–water partition coefficient (Wildman–Crippen LogP) is 2.24. The zero-order valence-corrected chi connectivity index (χ0v) is 14.3. The van der Waals surface area contributed by atoms with E-state index in [0.717, 1.165) is 11.6 Å². The Morgan fingerprint density at radius 2 is 1.96 bits per heavy atom. The number of nitrogen functional groups attached to an aromatic ring is 1. The van der Waals surface area contributed by atoms with Crippen molar-refractivity contribution in [2.45, 2.75) is 12.6 Å². The highest BCUT2D eigenvalue weighted by Crippen LogP contribution is 2.29. The summed E-state index contributed by atoms with van der Waals surface area (Å²) in [6.45, 7) is 0.187. The Balaban J connectivity index is 0.00000312. The molecule has 0 radical (unpaired) electrons. The first kappa shape index (κ1) is 20.4. The molecule has 5 N–H and O–H groups in total. The Bertz CT molecular complexity index is 733. The molecule has 134 valence electrons. The van der Waals surface area contributed by atoms with Gasteiger partial charge in [0.15, 0.2) is 6.10 Å². The van der Waals surface area contributed by atoms with Gasteiger partial charge in [-0.1, -0.05) is 30.3 Å². The van der Waals surface area contributed by atoms with Crippen LogP contribution in [0.4, 0.5) is 4.39 Å². The highest BCUT2D eigenvalue weighted by atomic mass is 35.5. The van der Waals surface area contributed by atoms with Crippen molar-refractivity contribution in [1.29, 1.82) is 5.41 Å². The maximum absolute atomic E-state index is 13.9. The molecule has 1 unspecified atom stereocenters. The number of benzene rings is 2. The molecule has 0 fully saturated rings. The van der Waals surface area contributed by atoms with Gasteiger partial charge < -0.3 is 20.9 Å². The van der Waals surface area contributed by atoms with Gasteiger partial charge in [-0.05, 0) is 17.7 Å². The van der Waals surface area contributed by atoms with E-state index in [1.165, 1.54) is 19.2 Å². The maximum atomic E-state index is 13.9. The molecular weight excluding hydrogens is 349 g/mol. The zero-order valence-electron chi connectivity index (χ0n) is 13.5. The van der Waals surface area contributed by atoms with Gasteiger partial charge in [-0.15, -0.1) is 12.4 Å². The molecule has 0 saturated heterocycles. The summed E-state index contributed by atoms with van der Waals surface area (Å²) in [7, 11) is 1.26. The number of aromatic hydroxyl groups is 1. The van der Waals surface area contributed by atoms with Gasteiger partial charge in [-0.25, -0.2) is 4.39 Å². The second-order valence-corrected chi connectivity index (χ2v) is 5.12. The molecule has 0 aliphatic carbocycles. The minimum Gasteiger partial charge on any atom is -0.507 e. The summed E-state index contributed by atoms with van der Waals surface area (Å²) in [5.74, 6) is -1.68. The largest absolute Gasteiger partial charge is 0.507 e. The molecule has 1 atom stereocenters. The summed E-state index contributed by atoms with van der Waals surface area (Å²) in [6, 6.07) is 10.6.